The number of nitrogens with zero attached hydrogens (tertiary/aromatic N) is 1. The Balaban J connectivity index is 1.72. The zero-order valence-corrected chi connectivity index (χ0v) is 22.9. The lowest BCUT2D eigenvalue weighted by atomic mass is 9.89. The van der Waals surface area contributed by atoms with Crippen LogP contribution in [0.3, 0.4) is 0 Å². The Hall–Kier alpha value is -3.08. The molecule has 2 N–H and O–H groups in total. The summed E-state index contributed by atoms with van der Waals surface area (Å²) in [4.78, 5) is 26.6. The first kappa shape index (κ1) is 30.5. The number of aliphatic hydroxyl groups is 1. The zero-order chi connectivity index (χ0) is 28.6. The van der Waals surface area contributed by atoms with Crippen molar-refractivity contribution in [1.29, 1.82) is 0 Å². The first-order valence-electron chi connectivity index (χ1n) is 13.0. The smallest absolute Gasteiger partial charge is 0.410 e. The third-order valence-corrected chi connectivity index (χ3v) is 6.28. The van der Waals surface area contributed by atoms with Crippen LogP contribution in [-0.2, 0) is 32.0 Å². The number of aliphatic hydroxyl groups excluding tert-OH is 1. The van der Waals surface area contributed by atoms with Crippen LogP contribution in [0.1, 0.15) is 51.7 Å². The van der Waals surface area contributed by atoms with E-state index in [1.807, 2.05) is 30.3 Å². The monoisotopic (exact) mass is 548 g/mol. The Morgan fingerprint density at radius 2 is 1.74 bits per heavy atom. The summed E-state index contributed by atoms with van der Waals surface area (Å²) < 4.78 is 44.7. The van der Waals surface area contributed by atoms with E-state index in [0.717, 1.165) is 23.8 Å². The predicted octanol–water partition coefficient (Wildman–Crippen LogP) is 4.33. The number of ether oxygens (including phenoxy) is 3. The standard InChI is InChI=1S/C29H38F2N2O6/c1-19(34)32-25(14-21-12-22(30)15-23(31)13-21)27(35)26-11-10-24(16-33(26)28(36)39-29(2,3)4)38-18-37-17-20-8-6-5-7-9-20/h5-9,12-13,15,24-27,35H,10-11,14,16-18H2,1-4H3,(H,32,34)/t24-,25?,26-,27?/m1/s1. The fourth-order valence-corrected chi connectivity index (χ4v) is 4.63. The van der Waals surface area contributed by atoms with E-state index in [1.54, 1.807) is 20.8 Å². The molecule has 214 valence electrons. The molecule has 1 heterocycles. The Labute approximate surface area is 228 Å². The van der Waals surface area contributed by atoms with Gasteiger partial charge in [0.15, 0.2) is 0 Å². The maximum atomic E-state index is 13.8. The molecule has 2 aromatic rings. The van der Waals surface area contributed by atoms with E-state index in [0.29, 0.717) is 19.4 Å². The highest BCUT2D eigenvalue weighted by atomic mass is 19.1. The van der Waals surface area contributed by atoms with Gasteiger partial charge in [-0.3, -0.25) is 9.69 Å². The summed E-state index contributed by atoms with van der Waals surface area (Å²) in [7, 11) is 0. The quantitative estimate of drug-likeness (QED) is 0.339. The molecule has 10 heteroatoms. The van der Waals surface area contributed by atoms with Crippen molar-refractivity contribution in [3.05, 3.63) is 71.3 Å². The van der Waals surface area contributed by atoms with E-state index in [-0.39, 0.29) is 31.4 Å². The highest BCUT2D eigenvalue weighted by Gasteiger charge is 2.41. The molecule has 8 nitrogen and oxygen atoms in total. The van der Waals surface area contributed by atoms with Crippen LogP contribution in [0, 0.1) is 11.6 Å². The van der Waals surface area contributed by atoms with Gasteiger partial charge >= 0.3 is 6.09 Å². The van der Waals surface area contributed by atoms with Gasteiger partial charge in [-0.25, -0.2) is 13.6 Å². The molecule has 2 aromatic carbocycles. The van der Waals surface area contributed by atoms with Gasteiger partial charge in [0, 0.05) is 13.0 Å². The van der Waals surface area contributed by atoms with Crippen LogP contribution in [-0.4, -0.2) is 65.2 Å². The van der Waals surface area contributed by atoms with Crippen LogP contribution >= 0.6 is 0 Å². The van der Waals surface area contributed by atoms with Gasteiger partial charge in [-0.1, -0.05) is 30.3 Å². The third kappa shape index (κ3) is 9.87. The van der Waals surface area contributed by atoms with Gasteiger partial charge in [0.05, 0.1) is 37.4 Å². The third-order valence-electron chi connectivity index (χ3n) is 6.28. The van der Waals surface area contributed by atoms with Crippen molar-refractivity contribution in [3.8, 4) is 0 Å². The van der Waals surface area contributed by atoms with Crippen molar-refractivity contribution < 1.29 is 37.7 Å². The largest absolute Gasteiger partial charge is 0.444 e. The molecular formula is C29H38F2N2O6. The molecule has 1 aliphatic rings. The number of rotatable bonds is 10. The number of hydrogen-bond donors (Lipinski definition) is 2. The maximum Gasteiger partial charge on any atom is 0.410 e. The Bertz CT molecular complexity index is 1070. The van der Waals surface area contributed by atoms with Crippen molar-refractivity contribution >= 4 is 12.0 Å². The maximum absolute atomic E-state index is 13.8. The number of carbonyl (C=O) groups excluding carboxylic acids is 2. The minimum atomic E-state index is -1.25. The second-order valence-electron chi connectivity index (χ2n) is 10.8. The number of benzene rings is 2. The Kier molecular flexibility index (Phi) is 10.8. The van der Waals surface area contributed by atoms with Crippen LogP contribution < -0.4 is 5.32 Å². The molecule has 0 spiro atoms. The number of hydrogen-bond acceptors (Lipinski definition) is 6. The molecule has 39 heavy (non-hydrogen) atoms. The SMILES string of the molecule is CC(=O)NC(Cc1cc(F)cc(F)c1)C(O)[C@H]1CC[C@@H](OCOCc2ccccc2)CN1C(=O)OC(C)(C)C. The van der Waals surface area contributed by atoms with Crippen LogP contribution in [0.4, 0.5) is 13.6 Å². The number of likely N-dealkylation sites (tertiary alicyclic amines) is 1. The number of halogens is 2. The molecule has 0 radical (unpaired) electrons. The zero-order valence-electron chi connectivity index (χ0n) is 22.9. The van der Waals surface area contributed by atoms with Gasteiger partial charge in [-0.05, 0) is 63.3 Å². The minimum Gasteiger partial charge on any atom is -0.444 e. The summed E-state index contributed by atoms with van der Waals surface area (Å²) in [5.41, 5.74) is 0.488. The van der Waals surface area contributed by atoms with Crippen LogP contribution in [0.2, 0.25) is 0 Å². The average molecular weight is 549 g/mol. The highest BCUT2D eigenvalue weighted by molar-refractivity contribution is 5.73. The first-order valence-corrected chi connectivity index (χ1v) is 13.0. The molecular weight excluding hydrogens is 510 g/mol. The van der Waals surface area contributed by atoms with E-state index in [1.165, 1.54) is 11.8 Å². The van der Waals surface area contributed by atoms with E-state index in [2.05, 4.69) is 5.32 Å². The van der Waals surface area contributed by atoms with Crippen molar-refractivity contribution in [3.63, 3.8) is 0 Å². The lowest BCUT2D eigenvalue weighted by molar-refractivity contribution is -0.128. The molecule has 1 fully saturated rings. The molecule has 1 saturated heterocycles. The van der Waals surface area contributed by atoms with E-state index >= 15 is 0 Å². The van der Waals surface area contributed by atoms with Crippen molar-refractivity contribution in [1.82, 2.24) is 10.2 Å². The van der Waals surface area contributed by atoms with Crippen LogP contribution in [0.25, 0.3) is 0 Å². The number of nitrogens with one attached hydrogen (secondary N) is 1. The second kappa shape index (κ2) is 13.8. The van der Waals surface area contributed by atoms with E-state index in [4.69, 9.17) is 14.2 Å². The van der Waals surface area contributed by atoms with Crippen LogP contribution in [0.15, 0.2) is 48.5 Å². The summed E-state index contributed by atoms with van der Waals surface area (Å²) in [5, 5.41) is 14.1. The first-order chi connectivity index (χ1) is 18.4. The Morgan fingerprint density at radius 1 is 1.08 bits per heavy atom. The summed E-state index contributed by atoms with van der Waals surface area (Å²) in [6.07, 6.45) is -1.43. The lowest BCUT2D eigenvalue weighted by Crippen LogP contribution is -2.60. The molecule has 4 atom stereocenters. The molecule has 2 amide bonds. The number of piperidine rings is 1. The highest BCUT2D eigenvalue weighted by Crippen LogP contribution is 2.27. The van der Waals surface area contributed by atoms with Gasteiger partial charge in [-0.15, -0.1) is 0 Å². The van der Waals surface area contributed by atoms with Crippen molar-refractivity contribution in [2.45, 2.75) is 83.5 Å². The summed E-state index contributed by atoms with van der Waals surface area (Å²) >= 11 is 0. The summed E-state index contributed by atoms with van der Waals surface area (Å²) in [5.74, 6) is -1.94. The molecule has 0 aliphatic carbocycles. The minimum absolute atomic E-state index is 0.0224. The number of amides is 2. The average Bonchev–Trinajstić information content (AvgIpc) is 2.84. The molecule has 0 bridgehead atoms. The second-order valence-corrected chi connectivity index (χ2v) is 10.8. The van der Waals surface area contributed by atoms with Gasteiger partial charge in [0.1, 0.15) is 24.0 Å². The fraction of sp³-hybridized carbons (Fsp3) is 0.517. The van der Waals surface area contributed by atoms with E-state index < -0.39 is 47.4 Å². The van der Waals surface area contributed by atoms with Gasteiger partial charge in [0.2, 0.25) is 5.91 Å². The predicted molar refractivity (Wildman–Crippen MR) is 141 cm³/mol. The molecule has 3 rings (SSSR count). The molecule has 2 unspecified atom stereocenters. The summed E-state index contributed by atoms with van der Waals surface area (Å²) in [6, 6.07) is 11.1. The van der Waals surface area contributed by atoms with Crippen molar-refractivity contribution in [2.24, 2.45) is 0 Å². The molecule has 1 aliphatic heterocycles. The normalized spacial score (nSPS) is 19.3. The van der Waals surface area contributed by atoms with Gasteiger partial charge in [-0.2, -0.15) is 0 Å². The summed E-state index contributed by atoms with van der Waals surface area (Å²) in [6.45, 7) is 7.04. The van der Waals surface area contributed by atoms with Gasteiger partial charge in [0.25, 0.3) is 0 Å². The molecule has 0 saturated carbocycles. The van der Waals surface area contributed by atoms with Crippen molar-refractivity contribution in [2.75, 3.05) is 13.3 Å². The topological polar surface area (TPSA) is 97.3 Å². The molecule has 0 aromatic heterocycles. The lowest BCUT2D eigenvalue weighted by Gasteiger charge is -2.43. The number of carbonyl (C=O) groups is 2. The van der Waals surface area contributed by atoms with Gasteiger partial charge < -0.3 is 24.6 Å². The fourth-order valence-electron chi connectivity index (χ4n) is 4.63. The van der Waals surface area contributed by atoms with Crippen LogP contribution in [0.5, 0.6) is 0 Å². The Morgan fingerprint density at radius 3 is 2.36 bits per heavy atom. The van der Waals surface area contributed by atoms with E-state index in [9.17, 15) is 23.5 Å².